The van der Waals surface area contributed by atoms with E-state index in [2.05, 4.69) is 43.4 Å². The number of carbonyl (C=O) groups is 1. The molecule has 2 rings (SSSR count). The number of nitrogens with one attached hydrogen (secondary N) is 1. The predicted molar refractivity (Wildman–Crippen MR) is 111 cm³/mol. The van der Waals surface area contributed by atoms with Crippen molar-refractivity contribution in [3.63, 3.8) is 0 Å². The van der Waals surface area contributed by atoms with Crippen molar-refractivity contribution in [3.05, 3.63) is 64.2 Å². The van der Waals surface area contributed by atoms with Gasteiger partial charge in [0.25, 0.3) is 5.69 Å². The SMILES string of the molecule is CC(C)Cc1ccc(SSCCOC(=O)Nc2ccc([N+](=O)[O-])cc2)cc1. The zero-order valence-electron chi connectivity index (χ0n) is 15.2. The van der Waals surface area contributed by atoms with Crippen LogP contribution in [-0.2, 0) is 11.2 Å². The van der Waals surface area contributed by atoms with Crippen molar-refractivity contribution in [2.75, 3.05) is 17.7 Å². The molecule has 0 bridgehead atoms. The molecule has 27 heavy (non-hydrogen) atoms. The van der Waals surface area contributed by atoms with E-state index in [1.807, 2.05) is 0 Å². The summed E-state index contributed by atoms with van der Waals surface area (Å²) in [4.78, 5) is 23.0. The molecular formula is C19H22N2O4S2. The van der Waals surface area contributed by atoms with Gasteiger partial charge in [-0.25, -0.2) is 4.79 Å². The number of anilines is 1. The third-order valence-electron chi connectivity index (χ3n) is 3.45. The summed E-state index contributed by atoms with van der Waals surface area (Å²) in [7, 11) is 3.27. The van der Waals surface area contributed by atoms with Crippen LogP contribution in [0.25, 0.3) is 0 Å². The summed E-state index contributed by atoms with van der Waals surface area (Å²) < 4.78 is 5.11. The van der Waals surface area contributed by atoms with Gasteiger partial charge in [0.05, 0.1) is 4.92 Å². The van der Waals surface area contributed by atoms with Crippen molar-refractivity contribution in [1.29, 1.82) is 0 Å². The topological polar surface area (TPSA) is 81.5 Å². The second-order valence-electron chi connectivity index (χ2n) is 6.21. The summed E-state index contributed by atoms with van der Waals surface area (Å²) in [5.74, 6) is 1.30. The first kappa shape index (κ1) is 21.1. The van der Waals surface area contributed by atoms with Gasteiger partial charge in [-0.2, -0.15) is 0 Å². The molecule has 0 saturated carbocycles. The maximum atomic E-state index is 11.7. The van der Waals surface area contributed by atoms with Gasteiger partial charge in [-0.1, -0.05) is 47.6 Å². The molecule has 6 nitrogen and oxygen atoms in total. The van der Waals surface area contributed by atoms with Gasteiger partial charge in [0, 0.05) is 28.5 Å². The number of hydrogen-bond acceptors (Lipinski definition) is 6. The van der Waals surface area contributed by atoms with Crippen LogP contribution in [0, 0.1) is 16.0 Å². The molecule has 2 aromatic carbocycles. The largest absolute Gasteiger partial charge is 0.448 e. The van der Waals surface area contributed by atoms with Gasteiger partial charge < -0.3 is 4.74 Å². The molecule has 2 aromatic rings. The summed E-state index contributed by atoms with van der Waals surface area (Å²) >= 11 is 0. The van der Waals surface area contributed by atoms with E-state index < -0.39 is 11.0 Å². The molecule has 1 N–H and O–H groups in total. The van der Waals surface area contributed by atoms with Crippen LogP contribution in [0.5, 0.6) is 0 Å². The Bertz CT molecular complexity index is 749. The van der Waals surface area contributed by atoms with E-state index in [1.165, 1.54) is 34.7 Å². The normalized spacial score (nSPS) is 10.6. The van der Waals surface area contributed by atoms with Gasteiger partial charge >= 0.3 is 6.09 Å². The Morgan fingerprint density at radius 3 is 2.41 bits per heavy atom. The fourth-order valence-electron chi connectivity index (χ4n) is 2.25. The molecule has 8 heteroatoms. The fourth-order valence-corrected chi connectivity index (χ4v) is 4.06. The second-order valence-corrected chi connectivity index (χ2v) is 8.70. The average Bonchev–Trinajstić information content (AvgIpc) is 2.63. The lowest BCUT2D eigenvalue weighted by Gasteiger charge is -2.07. The smallest absolute Gasteiger partial charge is 0.411 e. The van der Waals surface area contributed by atoms with Crippen molar-refractivity contribution in [2.45, 2.75) is 25.2 Å². The second kappa shape index (κ2) is 10.8. The Morgan fingerprint density at radius 1 is 1.15 bits per heavy atom. The number of nitro benzene ring substituents is 1. The number of carbonyl (C=O) groups excluding carboxylic acids is 1. The molecule has 0 aliphatic rings. The summed E-state index contributed by atoms with van der Waals surface area (Å²) in [6.07, 6.45) is 0.503. The summed E-state index contributed by atoms with van der Waals surface area (Å²) in [5.41, 5.74) is 1.76. The van der Waals surface area contributed by atoms with Crippen LogP contribution in [0.15, 0.2) is 53.4 Å². The van der Waals surface area contributed by atoms with E-state index >= 15 is 0 Å². The highest BCUT2D eigenvalue weighted by atomic mass is 33.1. The number of nitro groups is 1. The lowest BCUT2D eigenvalue weighted by atomic mass is 10.0. The van der Waals surface area contributed by atoms with Crippen LogP contribution in [0.4, 0.5) is 16.2 Å². The quantitative estimate of drug-likeness (QED) is 0.246. The maximum Gasteiger partial charge on any atom is 0.411 e. The molecule has 0 aliphatic heterocycles. The van der Waals surface area contributed by atoms with Crippen LogP contribution in [0.3, 0.4) is 0 Å². The maximum absolute atomic E-state index is 11.7. The Balaban J connectivity index is 1.63. The highest BCUT2D eigenvalue weighted by Crippen LogP contribution is 2.31. The molecule has 0 spiro atoms. The number of hydrogen-bond donors (Lipinski definition) is 1. The zero-order chi connectivity index (χ0) is 19.6. The first-order chi connectivity index (χ1) is 12.9. The molecular weight excluding hydrogens is 384 g/mol. The monoisotopic (exact) mass is 406 g/mol. The van der Waals surface area contributed by atoms with Gasteiger partial charge in [-0.3, -0.25) is 15.4 Å². The lowest BCUT2D eigenvalue weighted by Crippen LogP contribution is -2.15. The molecule has 0 radical (unpaired) electrons. The van der Waals surface area contributed by atoms with Crippen molar-refractivity contribution in [3.8, 4) is 0 Å². The summed E-state index contributed by atoms with van der Waals surface area (Å²) in [6.45, 7) is 4.69. The van der Waals surface area contributed by atoms with Crippen molar-refractivity contribution in [2.24, 2.45) is 5.92 Å². The van der Waals surface area contributed by atoms with Gasteiger partial charge in [0.15, 0.2) is 0 Å². The van der Waals surface area contributed by atoms with E-state index in [9.17, 15) is 14.9 Å². The summed E-state index contributed by atoms with van der Waals surface area (Å²) in [5, 5.41) is 13.1. The third kappa shape index (κ3) is 7.92. The van der Waals surface area contributed by atoms with Crippen LogP contribution in [0.1, 0.15) is 19.4 Å². The van der Waals surface area contributed by atoms with Crippen LogP contribution >= 0.6 is 21.6 Å². The summed E-state index contributed by atoms with van der Waals surface area (Å²) in [6, 6.07) is 14.1. The Hall–Kier alpha value is -2.19. The molecule has 0 aliphatic carbocycles. The lowest BCUT2D eigenvalue weighted by molar-refractivity contribution is -0.384. The predicted octanol–water partition coefficient (Wildman–Crippen LogP) is 5.78. The number of non-ortho nitro benzene ring substituents is 1. The van der Waals surface area contributed by atoms with Crippen molar-refractivity contribution >= 4 is 39.1 Å². The molecule has 1 amide bonds. The van der Waals surface area contributed by atoms with Crippen LogP contribution in [0.2, 0.25) is 0 Å². The Labute approximate surface area is 166 Å². The highest BCUT2D eigenvalue weighted by Gasteiger charge is 2.07. The molecule has 0 saturated heterocycles. The minimum atomic E-state index is -0.576. The van der Waals surface area contributed by atoms with Gasteiger partial charge in [-0.05, 0) is 42.2 Å². The van der Waals surface area contributed by atoms with E-state index in [4.69, 9.17) is 4.74 Å². The van der Waals surface area contributed by atoms with Crippen molar-refractivity contribution in [1.82, 2.24) is 0 Å². The molecule has 144 valence electrons. The standard InChI is InChI=1S/C19H22N2O4S2/c1-14(2)13-15-3-9-18(10-4-15)27-26-12-11-25-19(22)20-16-5-7-17(8-6-16)21(23)24/h3-10,14H,11-13H2,1-2H3,(H,20,22). The van der Waals surface area contributed by atoms with Gasteiger partial charge in [0.1, 0.15) is 6.61 Å². The molecule has 0 aromatic heterocycles. The van der Waals surface area contributed by atoms with Crippen molar-refractivity contribution < 1.29 is 14.5 Å². The highest BCUT2D eigenvalue weighted by molar-refractivity contribution is 8.76. The van der Waals surface area contributed by atoms with E-state index in [-0.39, 0.29) is 12.3 Å². The zero-order valence-corrected chi connectivity index (χ0v) is 16.8. The first-order valence-electron chi connectivity index (χ1n) is 8.50. The number of nitrogens with zero attached hydrogens (tertiary/aromatic N) is 1. The Kier molecular flexibility index (Phi) is 8.47. The number of amides is 1. The average molecular weight is 407 g/mol. The first-order valence-corrected chi connectivity index (χ1v) is 10.8. The Morgan fingerprint density at radius 2 is 1.81 bits per heavy atom. The number of ether oxygens (including phenoxy) is 1. The molecule has 0 unspecified atom stereocenters. The fraction of sp³-hybridized carbons (Fsp3) is 0.316. The number of rotatable bonds is 9. The van der Waals surface area contributed by atoms with Gasteiger partial charge in [-0.15, -0.1) is 0 Å². The minimum absolute atomic E-state index is 0.0282. The molecule has 0 fully saturated rings. The third-order valence-corrected chi connectivity index (χ3v) is 5.79. The molecule has 0 heterocycles. The van der Waals surface area contributed by atoms with Crippen LogP contribution < -0.4 is 5.32 Å². The van der Waals surface area contributed by atoms with E-state index in [0.717, 1.165) is 6.42 Å². The van der Waals surface area contributed by atoms with Gasteiger partial charge in [0.2, 0.25) is 0 Å². The van der Waals surface area contributed by atoms with Crippen LogP contribution in [-0.4, -0.2) is 23.4 Å². The molecule has 0 atom stereocenters. The number of benzene rings is 2. The van der Waals surface area contributed by atoms with E-state index in [1.54, 1.807) is 21.6 Å². The van der Waals surface area contributed by atoms with E-state index in [0.29, 0.717) is 17.4 Å². The minimum Gasteiger partial charge on any atom is -0.448 e.